The van der Waals surface area contributed by atoms with Crippen LogP contribution < -0.4 is 4.74 Å². The molecular formula is C16H12F3N3O2S2. The van der Waals surface area contributed by atoms with Gasteiger partial charge >= 0.3 is 6.18 Å². The number of aromatic amines is 1. The molecule has 0 radical (unpaired) electrons. The molecule has 0 aliphatic carbocycles. The van der Waals surface area contributed by atoms with E-state index in [0.29, 0.717) is 10.8 Å². The van der Waals surface area contributed by atoms with Crippen molar-refractivity contribution in [2.75, 3.05) is 7.11 Å². The third kappa shape index (κ3) is 3.42. The molecule has 3 aromatic rings. The number of methoxy groups -OCH3 is 1. The average molecular weight is 399 g/mol. The van der Waals surface area contributed by atoms with E-state index < -0.39 is 11.9 Å². The van der Waals surface area contributed by atoms with Gasteiger partial charge < -0.3 is 14.8 Å². The van der Waals surface area contributed by atoms with Gasteiger partial charge in [0.1, 0.15) is 17.2 Å². The molecule has 1 aromatic carbocycles. The zero-order valence-electron chi connectivity index (χ0n) is 13.5. The van der Waals surface area contributed by atoms with E-state index in [4.69, 9.17) is 17.0 Å². The maximum Gasteiger partial charge on any atom is 0.432 e. The van der Waals surface area contributed by atoms with Crippen LogP contribution in [0.4, 0.5) is 13.2 Å². The Kier molecular flexibility index (Phi) is 4.72. The molecule has 2 aromatic heterocycles. The Morgan fingerprint density at radius 3 is 2.54 bits per heavy atom. The minimum Gasteiger partial charge on any atom is -0.507 e. The number of benzene rings is 1. The molecule has 0 saturated carbocycles. The van der Waals surface area contributed by atoms with Gasteiger partial charge in [-0.1, -0.05) is 0 Å². The normalized spacial score (nSPS) is 11.6. The van der Waals surface area contributed by atoms with E-state index in [-0.39, 0.29) is 33.0 Å². The van der Waals surface area contributed by atoms with Crippen molar-refractivity contribution in [1.82, 2.24) is 15.0 Å². The molecular weight excluding hydrogens is 387 g/mol. The third-order valence-corrected chi connectivity index (χ3v) is 4.52. The summed E-state index contributed by atoms with van der Waals surface area (Å²) in [6.07, 6.45) is -4.71. The topological polar surface area (TPSA) is 71.0 Å². The molecule has 0 spiro atoms. The van der Waals surface area contributed by atoms with E-state index >= 15 is 0 Å². The number of hydrogen-bond donors (Lipinski definition) is 2. The number of nitrogens with zero attached hydrogens (tertiary/aromatic N) is 2. The zero-order chi connectivity index (χ0) is 19.1. The molecule has 5 nitrogen and oxygen atoms in total. The second-order valence-corrected chi connectivity index (χ2v) is 6.72. The molecule has 0 aliphatic rings. The van der Waals surface area contributed by atoms with Gasteiger partial charge in [-0.3, -0.25) is 0 Å². The minimum absolute atomic E-state index is 0.0945. The summed E-state index contributed by atoms with van der Waals surface area (Å²) in [5.41, 5.74) is -1.24. The lowest BCUT2D eigenvalue weighted by Gasteiger charge is -2.16. The van der Waals surface area contributed by atoms with Gasteiger partial charge in [0.05, 0.1) is 29.1 Å². The molecule has 0 bridgehead atoms. The van der Waals surface area contributed by atoms with E-state index in [9.17, 15) is 18.3 Å². The highest BCUT2D eigenvalue weighted by Crippen LogP contribution is 2.43. The number of H-pyrrole nitrogens is 1. The Hall–Kier alpha value is -2.46. The average Bonchev–Trinajstić information content (AvgIpc) is 2.99. The summed E-state index contributed by atoms with van der Waals surface area (Å²) in [6, 6.07) is 4.23. The monoisotopic (exact) mass is 399 g/mol. The summed E-state index contributed by atoms with van der Waals surface area (Å²) < 4.78 is 45.5. The Labute approximate surface area is 155 Å². The predicted molar refractivity (Wildman–Crippen MR) is 93.9 cm³/mol. The molecule has 136 valence electrons. The second kappa shape index (κ2) is 6.69. The van der Waals surface area contributed by atoms with Crippen LogP contribution in [0.3, 0.4) is 0 Å². The van der Waals surface area contributed by atoms with E-state index in [0.717, 1.165) is 0 Å². The lowest BCUT2D eigenvalue weighted by molar-refractivity contribution is -0.140. The zero-order valence-corrected chi connectivity index (χ0v) is 15.1. The van der Waals surface area contributed by atoms with Crippen molar-refractivity contribution in [1.29, 1.82) is 0 Å². The molecule has 10 heteroatoms. The van der Waals surface area contributed by atoms with Crippen molar-refractivity contribution in [3.8, 4) is 34.0 Å². The number of ether oxygens (including phenoxy) is 1. The fraction of sp³-hybridized carbons (Fsp3) is 0.188. The van der Waals surface area contributed by atoms with Crippen LogP contribution in [0.2, 0.25) is 0 Å². The van der Waals surface area contributed by atoms with Gasteiger partial charge in [0.15, 0.2) is 4.77 Å². The number of rotatable bonds is 3. The number of aryl methyl sites for hydroxylation is 1. The molecule has 0 aliphatic heterocycles. The first-order valence-corrected chi connectivity index (χ1v) is 8.51. The summed E-state index contributed by atoms with van der Waals surface area (Å²) in [4.78, 5) is 10.3. The van der Waals surface area contributed by atoms with Crippen LogP contribution in [0.1, 0.15) is 10.7 Å². The van der Waals surface area contributed by atoms with Crippen LogP contribution in [-0.4, -0.2) is 27.2 Å². The number of hydrogen-bond acceptors (Lipinski definition) is 6. The van der Waals surface area contributed by atoms with Crippen LogP contribution in [0, 0.1) is 11.7 Å². The highest BCUT2D eigenvalue weighted by atomic mass is 32.1. The molecule has 0 atom stereocenters. The quantitative estimate of drug-likeness (QED) is 0.609. The van der Waals surface area contributed by atoms with E-state index in [1.54, 1.807) is 6.92 Å². The summed E-state index contributed by atoms with van der Waals surface area (Å²) in [7, 11) is 1.41. The summed E-state index contributed by atoms with van der Waals surface area (Å²) in [5.74, 6) is 0.0771. The highest BCUT2D eigenvalue weighted by molar-refractivity contribution is 7.71. The number of aromatic hydroxyl groups is 1. The lowest BCUT2D eigenvalue weighted by atomic mass is 10.0. The molecule has 2 N–H and O–H groups in total. The summed E-state index contributed by atoms with van der Waals surface area (Å²) in [6.45, 7) is 1.69. The van der Waals surface area contributed by atoms with Gasteiger partial charge in [0.25, 0.3) is 0 Å². The van der Waals surface area contributed by atoms with Crippen LogP contribution in [0.5, 0.6) is 11.5 Å². The Bertz CT molecular complexity index is 1030. The Balaban J connectivity index is 2.38. The van der Waals surface area contributed by atoms with E-state index in [1.807, 2.05) is 0 Å². The number of halogens is 3. The molecule has 0 saturated heterocycles. The number of nitrogens with one attached hydrogen (secondary N) is 1. The van der Waals surface area contributed by atoms with Gasteiger partial charge in [-0.25, -0.2) is 9.97 Å². The fourth-order valence-corrected chi connectivity index (χ4v) is 3.24. The minimum atomic E-state index is -4.71. The van der Waals surface area contributed by atoms with Crippen molar-refractivity contribution in [2.45, 2.75) is 13.1 Å². The third-order valence-electron chi connectivity index (χ3n) is 3.55. The fourth-order valence-electron chi connectivity index (χ4n) is 2.45. The maximum atomic E-state index is 13.6. The van der Waals surface area contributed by atoms with Crippen molar-refractivity contribution < 1.29 is 23.0 Å². The number of thiazole rings is 1. The molecule has 3 rings (SSSR count). The molecule has 0 amide bonds. The number of phenols is 1. The van der Waals surface area contributed by atoms with Crippen LogP contribution in [0.15, 0.2) is 23.6 Å². The molecule has 2 heterocycles. The molecule has 0 unspecified atom stereocenters. The Morgan fingerprint density at radius 1 is 1.27 bits per heavy atom. The van der Waals surface area contributed by atoms with E-state index in [1.165, 1.54) is 42.0 Å². The number of alkyl halides is 3. The smallest absolute Gasteiger partial charge is 0.432 e. The van der Waals surface area contributed by atoms with Crippen molar-refractivity contribution in [3.63, 3.8) is 0 Å². The van der Waals surface area contributed by atoms with Crippen LogP contribution in [-0.2, 0) is 6.18 Å². The van der Waals surface area contributed by atoms with Gasteiger partial charge in [0.2, 0.25) is 0 Å². The first-order valence-electron chi connectivity index (χ1n) is 7.22. The predicted octanol–water partition coefficient (Wildman–Crippen LogP) is 4.97. The standard InChI is InChI=1S/C16H12F3N3O2S2/c1-7-20-10(6-26-7)12-13(9-4-3-8(24-2)5-11(9)23)21-15(25)22-14(12)16(17,18)19/h3-6,23H,1-2H3,(H,21,22,25). The first kappa shape index (κ1) is 18.3. The summed E-state index contributed by atoms with van der Waals surface area (Å²) >= 11 is 6.08. The summed E-state index contributed by atoms with van der Waals surface area (Å²) in [5, 5.41) is 12.4. The molecule has 26 heavy (non-hydrogen) atoms. The van der Waals surface area contributed by atoms with Crippen molar-refractivity contribution in [2.24, 2.45) is 0 Å². The van der Waals surface area contributed by atoms with Gasteiger partial charge in [-0.2, -0.15) is 13.2 Å². The largest absolute Gasteiger partial charge is 0.507 e. The van der Waals surface area contributed by atoms with Gasteiger partial charge in [-0.05, 0) is 31.3 Å². The first-order chi connectivity index (χ1) is 12.2. The highest BCUT2D eigenvalue weighted by Gasteiger charge is 2.37. The Morgan fingerprint density at radius 2 is 2.00 bits per heavy atom. The number of aromatic nitrogens is 3. The van der Waals surface area contributed by atoms with Gasteiger partial charge in [-0.15, -0.1) is 11.3 Å². The lowest BCUT2D eigenvalue weighted by Crippen LogP contribution is -2.13. The van der Waals surface area contributed by atoms with Gasteiger partial charge in [0, 0.05) is 17.0 Å². The van der Waals surface area contributed by atoms with Crippen molar-refractivity contribution >= 4 is 23.6 Å². The molecule has 0 fully saturated rings. The number of phenolic OH excluding ortho intramolecular Hbond substituents is 1. The maximum absolute atomic E-state index is 13.6. The van der Waals surface area contributed by atoms with Crippen LogP contribution in [0.25, 0.3) is 22.5 Å². The van der Waals surface area contributed by atoms with Crippen molar-refractivity contribution in [3.05, 3.63) is 39.1 Å². The van der Waals surface area contributed by atoms with Crippen LogP contribution >= 0.6 is 23.6 Å². The second-order valence-electron chi connectivity index (χ2n) is 5.27. The SMILES string of the molecule is COc1ccc(-c2nc(=S)[nH]c(C(F)(F)F)c2-c2csc(C)n2)c(O)c1. The van der Waals surface area contributed by atoms with E-state index in [2.05, 4.69) is 15.0 Å².